The summed E-state index contributed by atoms with van der Waals surface area (Å²) in [6.07, 6.45) is 3.77. The van der Waals surface area contributed by atoms with Gasteiger partial charge in [0, 0.05) is 24.6 Å². The number of nitrogens with zero attached hydrogens (tertiary/aromatic N) is 1. The number of hydrogen-bond donors (Lipinski definition) is 2. The predicted octanol–water partition coefficient (Wildman–Crippen LogP) is 1.68. The summed E-state index contributed by atoms with van der Waals surface area (Å²) in [4.78, 5) is 0. The second kappa shape index (κ2) is 7.04. The van der Waals surface area contributed by atoms with E-state index in [9.17, 15) is 8.42 Å². The minimum absolute atomic E-state index is 0.183. The van der Waals surface area contributed by atoms with Crippen molar-refractivity contribution in [1.82, 2.24) is 15.2 Å². The van der Waals surface area contributed by atoms with Crippen molar-refractivity contribution in [2.24, 2.45) is 0 Å². The van der Waals surface area contributed by atoms with Crippen LogP contribution in [0.15, 0.2) is 28.8 Å². The van der Waals surface area contributed by atoms with Crippen LogP contribution >= 0.6 is 0 Å². The molecule has 0 saturated heterocycles. The van der Waals surface area contributed by atoms with Gasteiger partial charge in [0.15, 0.2) is 0 Å². The number of aryl methyl sites for hydroxylation is 2. The van der Waals surface area contributed by atoms with E-state index in [0.717, 1.165) is 43.4 Å². The quantitative estimate of drug-likeness (QED) is 0.829. The van der Waals surface area contributed by atoms with Gasteiger partial charge in [-0.05, 0) is 25.3 Å². The Balaban J connectivity index is 1.61. The second-order valence-corrected chi connectivity index (χ2v) is 8.26. The highest BCUT2D eigenvalue weighted by Crippen LogP contribution is 2.25. The Morgan fingerprint density at radius 3 is 2.71 bits per heavy atom. The van der Waals surface area contributed by atoms with Crippen molar-refractivity contribution >= 4 is 10.0 Å². The molecule has 1 aromatic carbocycles. The highest BCUT2D eigenvalue weighted by atomic mass is 32.2. The molecule has 1 heterocycles. The molecule has 24 heavy (non-hydrogen) atoms. The smallest absolute Gasteiger partial charge is 0.209 e. The van der Waals surface area contributed by atoms with E-state index in [1.54, 1.807) is 0 Å². The van der Waals surface area contributed by atoms with Crippen molar-refractivity contribution in [2.45, 2.75) is 45.3 Å². The van der Waals surface area contributed by atoms with E-state index in [1.807, 2.05) is 0 Å². The van der Waals surface area contributed by atoms with Crippen molar-refractivity contribution in [3.05, 3.63) is 52.4 Å². The van der Waals surface area contributed by atoms with Crippen LogP contribution < -0.4 is 10.0 Å². The molecule has 0 radical (unpaired) electrons. The maximum Gasteiger partial charge on any atom is 0.209 e. The Hall–Kier alpha value is -1.70. The van der Waals surface area contributed by atoms with E-state index in [-0.39, 0.29) is 6.54 Å². The molecule has 2 aromatic rings. The molecule has 0 spiro atoms. The van der Waals surface area contributed by atoms with Gasteiger partial charge in [0.05, 0.1) is 12.8 Å². The van der Waals surface area contributed by atoms with Crippen LogP contribution in [0.4, 0.5) is 0 Å². The van der Waals surface area contributed by atoms with Gasteiger partial charge < -0.3 is 9.84 Å². The lowest BCUT2D eigenvalue weighted by Crippen LogP contribution is -2.34. The van der Waals surface area contributed by atoms with Crippen LogP contribution in [0.25, 0.3) is 0 Å². The van der Waals surface area contributed by atoms with Crippen molar-refractivity contribution in [2.75, 3.05) is 6.26 Å². The summed E-state index contributed by atoms with van der Waals surface area (Å²) in [6.45, 7) is 3.09. The van der Waals surface area contributed by atoms with Crippen LogP contribution in [-0.2, 0) is 36.0 Å². The molecule has 0 amide bonds. The first kappa shape index (κ1) is 17.1. The standard InChI is InChI=1S/C17H23N3O3S/c1-12-3-5-13(6-4-12)10-18-14-7-8-17-15(9-14)16(20-23-17)11-19-24(2,21)22/h3-6,14,18-19H,7-11H2,1-2H3. The molecule has 1 aromatic heterocycles. The summed E-state index contributed by atoms with van der Waals surface area (Å²) < 4.78 is 30.4. The molecule has 0 fully saturated rings. The maximum absolute atomic E-state index is 11.3. The Kier molecular flexibility index (Phi) is 5.03. The molecule has 0 aliphatic heterocycles. The van der Waals surface area contributed by atoms with Gasteiger partial charge in [0.25, 0.3) is 0 Å². The fourth-order valence-electron chi connectivity index (χ4n) is 2.94. The van der Waals surface area contributed by atoms with E-state index in [4.69, 9.17) is 4.52 Å². The topological polar surface area (TPSA) is 84.2 Å². The summed E-state index contributed by atoms with van der Waals surface area (Å²) in [5.41, 5.74) is 4.25. The lowest BCUT2D eigenvalue weighted by molar-refractivity contribution is 0.351. The molecule has 0 bridgehead atoms. The van der Waals surface area contributed by atoms with Crippen LogP contribution in [0.2, 0.25) is 0 Å². The van der Waals surface area contributed by atoms with Crippen LogP contribution in [-0.4, -0.2) is 25.9 Å². The minimum Gasteiger partial charge on any atom is -0.361 e. The number of benzene rings is 1. The van der Waals surface area contributed by atoms with Gasteiger partial charge in [-0.2, -0.15) is 0 Å². The Labute approximate surface area is 142 Å². The van der Waals surface area contributed by atoms with E-state index in [1.165, 1.54) is 11.1 Å². The lowest BCUT2D eigenvalue weighted by Gasteiger charge is -2.22. The number of fused-ring (bicyclic) bond motifs is 1. The summed E-state index contributed by atoms with van der Waals surface area (Å²) >= 11 is 0. The van der Waals surface area contributed by atoms with Gasteiger partial charge in [-0.25, -0.2) is 13.1 Å². The Morgan fingerprint density at radius 1 is 1.25 bits per heavy atom. The van der Waals surface area contributed by atoms with Gasteiger partial charge in [0.2, 0.25) is 10.0 Å². The summed E-state index contributed by atoms with van der Waals surface area (Å²) in [5, 5.41) is 7.61. The van der Waals surface area contributed by atoms with Crippen LogP contribution in [0.5, 0.6) is 0 Å². The van der Waals surface area contributed by atoms with Crippen molar-refractivity contribution < 1.29 is 12.9 Å². The molecule has 0 saturated carbocycles. The SMILES string of the molecule is Cc1ccc(CNC2CCc3onc(CNS(C)(=O)=O)c3C2)cc1. The van der Waals surface area contributed by atoms with E-state index in [0.29, 0.717) is 11.7 Å². The van der Waals surface area contributed by atoms with E-state index < -0.39 is 10.0 Å². The monoisotopic (exact) mass is 349 g/mol. The lowest BCUT2D eigenvalue weighted by atomic mass is 9.92. The van der Waals surface area contributed by atoms with Crippen LogP contribution in [0, 0.1) is 6.92 Å². The van der Waals surface area contributed by atoms with Gasteiger partial charge in [-0.1, -0.05) is 35.0 Å². The third-order valence-corrected chi connectivity index (χ3v) is 5.01. The molecule has 1 aliphatic rings. The molecule has 1 unspecified atom stereocenters. The van der Waals surface area contributed by atoms with Crippen LogP contribution in [0.3, 0.4) is 0 Å². The van der Waals surface area contributed by atoms with Crippen LogP contribution in [0.1, 0.15) is 34.6 Å². The molecule has 130 valence electrons. The first-order valence-electron chi connectivity index (χ1n) is 8.10. The zero-order chi connectivity index (χ0) is 17.2. The highest BCUT2D eigenvalue weighted by molar-refractivity contribution is 7.88. The summed E-state index contributed by atoms with van der Waals surface area (Å²) in [6, 6.07) is 8.85. The minimum atomic E-state index is -3.24. The predicted molar refractivity (Wildman–Crippen MR) is 92.0 cm³/mol. The molecule has 3 rings (SSSR count). The molecular weight excluding hydrogens is 326 g/mol. The summed E-state index contributed by atoms with van der Waals surface area (Å²) in [5.74, 6) is 0.883. The Bertz CT molecular complexity index is 797. The normalized spacial score (nSPS) is 17.7. The molecule has 1 atom stereocenters. The molecule has 1 aliphatic carbocycles. The first-order valence-corrected chi connectivity index (χ1v) is 10.00. The zero-order valence-electron chi connectivity index (χ0n) is 14.0. The van der Waals surface area contributed by atoms with E-state index >= 15 is 0 Å². The fraction of sp³-hybridized carbons (Fsp3) is 0.471. The average molecular weight is 349 g/mol. The molecule has 2 N–H and O–H groups in total. The second-order valence-electron chi connectivity index (χ2n) is 6.43. The van der Waals surface area contributed by atoms with Crippen molar-refractivity contribution in [3.63, 3.8) is 0 Å². The maximum atomic E-state index is 11.3. The molecular formula is C17H23N3O3S. The first-order chi connectivity index (χ1) is 11.4. The number of hydrogen-bond acceptors (Lipinski definition) is 5. The number of aromatic nitrogens is 1. The number of nitrogens with one attached hydrogen (secondary N) is 2. The zero-order valence-corrected chi connectivity index (χ0v) is 14.8. The highest BCUT2D eigenvalue weighted by Gasteiger charge is 2.25. The fourth-order valence-corrected chi connectivity index (χ4v) is 3.34. The van der Waals surface area contributed by atoms with Gasteiger partial charge in [-0.15, -0.1) is 0 Å². The third kappa shape index (κ3) is 4.43. The van der Waals surface area contributed by atoms with Gasteiger partial charge in [-0.3, -0.25) is 0 Å². The van der Waals surface area contributed by atoms with Gasteiger partial charge in [0.1, 0.15) is 11.5 Å². The number of rotatable bonds is 6. The Morgan fingerprint density at radius 2 is 2.00 bits per heavy atom. The van der Waals surface area contributed by atoms with Crippen molar-refractivity contribution in [1.29, 1.82) is 0 Å². The third-order valence-electron chi connectivity index (χ3n) is 4.34. The van der Waals surface area contributed by atoms with Crippen molar-refractivity contribution in [3.8, 4) is 0 Å². The number of sulfonamides is 1. The molecule has 7 heteroatoms. The largest absolute Gasteiger partial charge is 0.361 e. The molecule has 6 nitrogen and oxygen atoms in total. The average Bonchev–Trinajstić information content (AvgIpc) is 2.94. The van der Waals surface area contributed by atoms with E-state index in [2.05, 4.69) is 46.4 Å². The summed E-state index contributed by atoms with van der Waals surface area (Å²) in [7, 11) is -3.24. The van der Waals surface area contributed by atoms with Gasteiger partial charge >= 0.3 is 0 Å².